The summed E-state index contributed by atoms with van der Waals surface area (Å²) in [5, 5.41) is 14.7. The molecule has 2 aromatic carbocycles. The van der Waals surface area contributed by atoms with Crippen molar-refractivity contribution in [1.82, 2.24) is 30.4 Å². The Morgan fingerprint density at radius 2 is 1.74 bits per heavy atom. The van der Waals surface area contributed by atoms with Gasteiger partial charge < -0.3 is 19.7 Å². The number of carbonyl (C=O) groups excluding carboxylic acids is 5. The Bertz CT molecular complexity index is 2250. The van der Waals surface area contributed by atoms with Crippen molar-refractivity contribution in [2.24, 2.45) is 5.92 Å². The molecular formula is C44H48ClFN8O7. The fraction of sp³-hybridized carbons (Fsp3) is 0.500. The van der Waals surface area contributed by atoms with Gasteiger partial charge in [-0.1, -0.05) is 11.6 Å². The summed E-state index contributed by atoms with van der Waals surface area (Å²) < 4.78 is 27.9. The van der Waals surface area contributed by atoms with Crippen LogP contribution in [-0.4, -0.2) is 105 Å². The van der Waals surface area contributed by atoms with Crippen LogP contribution in [0.3, 0.4) is 0 Å². The van der Waals surface area contributed by atoms with Gasteiger partial charge in [-0.2, -0.15) is 5.26 Å². The summed E-state index contributed by atoms with van der Waals surface area (Å²) in [7, 11) is 0. The number of hydrogen-bond donors (Lipinski definition) is 2. The highest BCUT2D eigenvalue weighted by Crippen LogP contribution is 2.38. The third-order valence-corrected chi connectivity index (χ3v) is 13.0. The number of anilines is 1. The molecule has 2 aliphatic carbocycles. The zero-order chi connectivity index (χ0) is 42.9. The Hall–Kier alpha value is -5.66. The van der Waals surface area contributed by atoms with E-state index in [1.807, 2.05) is 6.07 Å². The Morgan fingerprint density at radius 3 is 2.39 bits per heavy atom. The van der Waals surface area contributed by atoms with Crippen LogP contribution in [0.5, 0.6) is 11.5 Å². The third-order valence-electron chi connectivity index (χ3n) is 12.7. The molecule has 17 heteroatoms. The second-order valence-electron chi connectivity index (χ2n) is 16.9. The molecule has 0 spiro atoms. The second kappa shape index (κ2) is 17.7. The molecule has 5 aliphatic rings. The third kappa shape index (κ3) is 8.90. The van der Waals surface area contributed by atoms with Gasteiger partial charge in [0.2, 0.25) is 11.8 Å². The van der Waals surface area contributed by atoms with E-state index in [2.05, 4.69) is 44.2 Å². The highest BCUT2D eigenvalue weighted by atomic mass is 35.5. The van der Waals surface area contributed by atoms with Crippen LogP contribution in [0, 0.1) is 23.1 Å². The minimum Gasteiger partial charge on any atom is -0.490 e. The average molecular weight is 855 g/mol. The van der Waals surface area contributed by atoms with E-state index in [4.69, 9.17) is 26.3 Å². The molecule has 61 heavy (non-hydrogen) atoms. The number of aromatic nitrogens is 2. The first-order chi connectivity index (χ1) is 29.4. The highest BCUT2D eigenvalue weighted by molar-refractivity contribution is 6.31. The number of halogens is 2. The molecular weight excluding hydrogens is 807 g/mol. The summed E-state index contributed by atoms with van der Waals surface area (Å²) in [6.07, 6.45) is 9.30. The van der Waals surface area contributed by atoms with Crippen molar-refractivity contribution in [2.75, 3.05) is 24.5 Å². The number of nitriles is 1. The molecule has 3 aromatic rings. The predicted octanol–water partition coefficient (Wildman–Crippen LogP) is 5.20. The summed E-state index contributed by atoms with van der Waals surface area (Å²) >= 11 is 6.15. The maximum absolute atomic E-state index is 15.8. The predicted molar refractivity (Wildman–Crippen MR) is 220 cm³/mol. The topological polar surface area (TPSA) is 187 Å². The molecule has 4 fully saturated rings. The summed E-state index contributed by atoms with van der Waals surface area (Å²) in [4.78, 5) is 77.9. The lowest BCUT2D eigenvalue weighted by atomic mass is 9.85. The minimum absolute atomic E-state index is 0.00328. The number of nitrogens with one attached hydrogen (secondary N) is 2. The number of rotatable bonds is 12. The van der Waals surface area contributed by atoms with E-state index < -0.39 is 41.1 Å². The molecule has 4 heterocycles. The van der Waals surface area contributed by atoms with Crippen LogP contribution in [0.15, 0.2) is 42.7 Å². The molecule has 0 bridgehead atoms. The van der Waals surface area contributed by atoms with Crippen LogP contribution in [0.25, 0.3) is 0 Å². The van der Waals surface area contributed by atoms with Gasteiger partial charge in [-0.05, 0) is 89.0 Å². The van der Waals surface area contributed by atoms with Gasteiger partial charge in [0.05, 0.1) is 40.2 Å². The molecule has 1 atom stereocenters. The molecule has 3 aliphatic heterocycles. The van der Waals surface area contributed by atoms with Gasteiger partial charge in [0.25, 0.3) is 17.7 Å². The van der Waals surface area contributed by atoms with Crippen LogP contribution < -0.4 is 25.0 Å². The van der Waals surface area contributed by atoms with Gasteiger partial charge in [-0.25, -0.2) is 14.4 Å². The largest absolute Gasteiger partial charge is 0.490 e. The summed E-state index contributed by atoms with van der Waals surface area (Å²) in [5.74, 6) is -2.34. The van der Waals surface area contributed by atoms with Gasteiger partial charge in [-0.3, -0.25) is 39.1 Å². The standard InChI is InChI=1S/C44H48ClFN8O7/c1-24(2)53(28-17-31(18-28)61-36-11-9-32-39(40(36)46)44(59)54(43(32)58)35-10-12-38(55)51-42(35)57)23-25-13-15-52(16-14-25)37-22-48-34(21-49-37)41(56)50-27-4-7-29(8-5-27)60-30-6-3-26(20-47)33(45)19-30/h3,6,9,11,19,21-22,24-25,27-29,31,35H,4-5,7-8,10,12-18,23H2,1-2H3,(H,50,56)(H,51,55,57)/t27?,28?,29?,31?,35-/m1/s1. The van der Waals surface area contributed by atoms with Crippen molar-refractivity contribution in [2.45, 2.75) is 114 Å². The maximum atomic E-state index is 15.8. The lowest BCUT2D eigenvalue weighted by Gasteiger charge is -2.46. The van der Waals surface area contributed by atoms with Gasteiger partial charge in [0, 0.05) is 63.1 Å². The van der Waals surface area contributed by atoms with Crippen LogP contribution in [0.2, 0.25) is 5.02 Å². The van der Waals surface area contributed by atoms with E-state index in [9.17, 15) is 24.0 Å². The molecule has 0 radical (unpaired) electrons. The lowest BCUT2D eigenvalue weighted by molar-refractivity contribution is -0.136. The Labute approximate surface area is 357 Å². The molecule has 5 amide bonds. The van der Waals surface area contributed by atoms with Crippen molar-refractivity contribution in [3.8, 4) is 17.6 Å². The smallest absolute Gasteiger partial charge is 0.271 e. The normalized spacial score (nSPS) is 24.3. The Morgan fingerprint density at radius 1 is 0.984 bits per heavy atom. The number of carbonyl (C=O) groups is 5. The van der Waals surface area contributed by atoms with Crippen LogP contribution in [-0.2, 0) is 9.59 Å². The van der Waals surface area contributed by atoms with Gasteiger partial charge in [0.1, 0.15) is 35.5 Å². The molecule has 2 N–H and O–H groups in total. The van der Waals surface area contributed by atoms with E-state index in [-0.39, 0.29) is 66.1 Å². The first-order valence-electron chi connectivity index (χ1n) is 21.1. The van der Waals surface area contributed by atoms with Gasteiger partial charge in [-0.15, -0.1) is 0 Å². The summed E-state index contributed by atoms with van der Waals surface area (Å²) in [5.41, 5.74) is 0.152. The molecule has 2 saturated carbocycles. The fourth-order valence-corrected chi connectivity index (χ4v) is 9.35. The molecule has 8 rings (SSSR count). The van der Waals surface area contributed by atoms with E-state index in [0.29, 0.717) is 35.1 Å². The molecule has 1 aromatic heterocycles. The van der Waals surface area contributed by atoms with E-state index in [1.165, 1.54) is 18.3 Å². The first-order valence-corrected chi connectivity index (χ1v) is 21.4. The zero-order valence-electron chi connectivity index (χ0n) is 34.1. The van der Waals surface area contributed by atoms with Crippen molar-refractivity contribution in [3.63, 3.8) is 0 Å². The van der Waals surface area contributed by atoms with E-state index in [1.54, 1.807) is 24.4 Å². The quantitative estimate of drug-likeness (QED) is 0.227. The minimum atomic E-state index is -1.18. The average Bonchev–Trinajstić information content (AvgIpc) is 3.48. The molecule has 15 nitrogen and oxygen atoms in total. The summed E-state index contributed by atoms with van der Waals surface area (Å²) in [6, 6.07) is 9.19. The maximum Gasteiger partial charge on any atom is 0.271 e. The van der Waals surface area contributed by atoms with Crippen LogP contribution in [0.1, 0.15) is 115 Å². The summed E-state index contributed by atoms with van der Waals surface area (Å²) in [6.45, 7) is 6.87. The van der Waals surface area contributed by atoms with Crippen molar-refractivity contribution in [1.29, 1.82) is 5.26 Å². The van der Waals surface area contributed by atoms with Gasteiger partial charge in [0.15, 0.2) is 11.6 Å². The first kappa shape index (κ1) is 42.0. The Kier molecular flexibility index (Phi) is 12.2. The van der Waals surface area contributed by atoms with Crippen molar-refractivity contribution < 1.29 is 37.8 Å². The lowest BCUT2D eigenvalue weighted by Crippen LogP contribution is -2.54. The zero-order valence-corrected chi connectivity index (χ0v) is 34.8. The van der Waals surface area contributed by atoms with Crippen molar-refractivity contribution in [3.05, 3.63) is 75.9 Å². The molecule has 0 unspecified atom stereocenters. The number of benzene rings is 2. The Balaban J connectivity index is 0.771. The van der Waals surface area contributed by atoms with Gasteiger partial charge >= 0.3 is 0 Å². The van der Waals surface area contributed by atoms with Crippen LogP contribution >= 0.6 is 11.6 Å². The van der Waals surface area contributed by atoms with Crippen LogP contribution in [0.4, 0.5) is 10.2 Å². The molecule has 320 valence electrons. The number of imide groups is 2. The number of amides is 5. The molecule has 2 saturated heterocycles. The highest BCUT2D eigenvalue weighted by Gasteiger charge is 2.47. The number of hydrogen-bond acceptors (Lipinski definition) is 12. The number of nitrogens with zero attached hydrogens (tertiary/aromatic N) is 6. The second-order valence-corrected chi connectivity index (χ2v) is 17.3. The number of ether oxygens (including phenoxy) is 2. The monoisotopic (exact) mass is 854 g/mol. The van der Waals surface area contributed by atoms with E-state index in [0.717, 1.165) is 68.9 Å². The van der Waals surface area contributed by atoms with E-state index >= 15 is 4.39 Å². The number of piperidine rings is 2. The van der Waals surface area contributed by atoms with Crippen molar-refractivity contribution >= 4 is 47.0 Å². The number of fused-ring (bicyclic) bond motifs is 1. The SMILES string of the molecule is CC(C)N(CC1CCN(c2cnc(C(=O)NC3CCC(Oc4ccc(C#N)c(Cl)c4)CC3)cn2)CC1)C1CC(Oc2ccc3c(c2F)C(=O)N([C@@H]2CCC(=O)NC2=O)C3=O)C1. The fourth-order valence-electron chi connectivity index (χ4n) is 9.14.